The van der Waals surface area contributed by atoms with Gasteiger partial charge in [0.25, 0.3) is 0 Å². The predicted octanol–water partition coefficient (Wildman–Crippen LogP) is 4.27. The van der Waals surface area contributed by atoms with Crippen molar-refractivity contribution in [2.45, 2.75) is 45.1 Å². The molecule has 138 valence electrons. The molecule has 0 saturated heterocycles. The molecule has 0 bridgehead atoms. The van der Waals surface area contributed by atoms with Crippen molar-refractivity contribution in [3.8, 4) is 0 Å². The number of carbonyl (C=O) groups excluding carboxylic acids is 1. The van der Waals surface area contributed by atoms with E-state index in [1.165, 1.54) is 0 Å². The molecule has 0 fully saturated rings. The van der Waals surface area contributed by atoms with E-state index >= 15 is 0 Å². The predicted molar refractivity (Wildman–Crippen MR) is 103 cm³/mol. The van der Waals surface area contributed by atoms with Gasteiger partial charge in [-0.3, -0.25) is 4.79 Å². The highest BCUT2D eigenvalue weighted by Gasteiger charge is 2.28. The van der Waals surface area contributed by atoms with Gasteiger partial charge in [0.05, 0.1) is 17.4 Å². The molecule has 0 saturated carbocycles. The number of Topliss-reactive ketones (excluding diaryl/α,β-unsaturated/α-hetero) is 1. The summed E-state index contributed by atoms with van der Waals surface area (Å²) in [4.78, 5) is 21.3. The van der Waals surface area contributed by atoms with Crippen LogP contribution in [0.5, 0.6) is 0 Å². The zero-order valence-electron chi connectivity index (χ0n) is 15.2. The molecule has 1 aromatic heterocycles. The highest BCUT2D eigenvalue weighted by atomic mass is 35.5. The Hall–Kier alpha value is -1.98. The third-order valence-corrected chi connectivity index (χ3v) is 4.65. The summed E-state index contributed by atoms with van der Waals surface area (Å²) in [7, 11) is 0. The first-order valence-electron chi connectivity index (χ1n) is 9.03. The van der Waals surface area contributed by atoms with Crippen molar-refractivity contribution in [2.75, 3.05) is 18.5 Å². The molecular formula is C20H24ClN3O2. The van der Waals surface area contributed by atoms with Crippen molar-refractivity contribution in [1.29, 1.82) is 0 Å². The van der Waals surface area contributed by atoms with Gasteiger partial charge in [-0.25, -0.2) is 9.97 Å². The first kappa shape index (κ1) is 18.8. The quantitative estimate of drug-likeness (QED) is 0.734. The monoisotopic (exact) mass is 373 g/mol. The lowest BCUT2D eigenvalue weighted by molar-refractivity contribution is 0.0787. The van der Waals surface area contributed by atoms with Crippen LogP contribution >= 0.6 is 11.6 Å². The van der Waals surface area contributed by atoms with Gasteiger partial charge in [0.15, 0.2) is 5.78 Å². The molecule has 0 amide bonds. The topological polar surface area (TPSA) is 64.1 Å². The number of ether oxygens (including phenoxy) is 1. The second kappa shape index (κ2) is 8.60. The van der Waals surface area contributed by atoms with Crippen LogP contribution < -0.4 is 5.32 Å². The van der Waals surface area contributed by atoms with E-state index in [1.807, 2.05) is 38.1 Å². The van der Waals surface area contributed by atoms with E-state index in [1.54, 1.807) is 6.20 Å². The molecule has 2 aromatic rings. The van der Waals surface area contributed by atoms with Crippen LogP contribution in [0.2, 0.25) is 5.02 Å². The Balaban J connectivity index is 1.66. The van der Waals surface area contributed by atoms with Crippen LogP contribution in [0.3, 0.4) is 0 Å². The van der Waals surface area contributed by atoms with Crippen LogP contribution in [0.4, 0.5) is 5.95 Å². The number of hydrogen-bond acceptors (Lipinski definition) is 5. The Morgan fingerprint density at radius 1 is 1.35 bits per heavy atom. The molecular weight excluding hydrogens is 350 g/mol. The number of halogens is 1. The van der Waals surface area contributed by atoms with E-state index in [0.29, 0.717) is 29.6 Å². The summed E-state index contributed by atoms with van der Waals surface area (Å²) < 4.78 is 5.52. The van der Waals surface area contributed by atoms with Crippen molar-refractivity contribution in [1.82, 2.24) is 9.97 Å². The number of anilines is 1. The minimum atomic E-state index is 0.0908. The molecule has 1 atom stereocenters. The van der Waals surface area contributed by atoms with E-state index in [9.17, 15) is 4.79 Å². The molecule has 1 heterocycles. The highest BCUT2D eigenvalue weighted by Crippen LogP contribution is 2.32. The first-order valence-corrected chi connectivity index (χ1v) is 9.41. The summed E-state index contributed by atoms with van der Waals surface area (Å²) in [6.07, 6.45) is 3.95. The number of benzene rings is 1. The molecule has 0 unspecified atom stereocenters. The average Bonchev–Trinajstić information content (AvgIpc) is 2.61. The Bertz CT molecular complexity index is 779. The van der Waals surface area contributed by atoms with Gasteiger partial charge in [-0.1, -0.05) is 23.7 Å². The Labute approximate surface area is 159 Å². The lowest BCUT2D eigenvalue weighted by Gasteiger charge is -2.23. The lowest BCUT2D eigenvalue weighted by atomic mass is 9.82. The smallest absolute Gasteiger partial charge is 0.222 e. The number of carbonyl (C=O) groups is 1. The summed E-state index contributed by atoms with van der Waals surface area (Å²) in [5.41, 5.74) is 2.52. The van der Waals surface area contributed by atoms with E-state index in [0.717, 1.165) is 30.6 Å². The van der Waals surface area contributed by atoms with E-state index in [-0.39, 0.29) is 17.8 Å². The van der Waals surface area contributed by atoms with Crippen molar-refractivity contribution < 1.29 is 9.53 Å². The summed E-state index contributed by atoms with van der Waals surface area (Å²) in [6, 6.07) is 7.71. The van der Waals surface area contributed by atoms with Crippen molar-refractivity contribution in [2.24, 2.45) is 0 Å². The molecule has 5 nitrogen and oxygen atoms in total. The number of nitrogens with zero attached hydrogens (tertiary/aromatic N) is 2. The molecule has 3 rings (SSSR count). The zero-order valence-corrected chi connectivity index (χ0v) is 15.9. The normalized spacial score (nSPS) is 16.6. The fourth-order valence-corrected chi connectivity index (χ4v) is 3.32. The standard InChI is InChI=1S/C20H24ClN3O2/c1-13(2)26-8-4-7-22-20-23-12-17-18(24-20)10-15(11-19(17)25)14-5-3-6-16(21)9-14/h3,5-6,9,12-13,15H,4,7-8,10-11H2,1-2H3,(H,22,23,24)/t15-/m1/s1. The molecule has 1 aromatic carbocycles. The highest BCUT2D eigenvalue weighted by molar-refractivity contribution is 6.30. The summed E-state index contributed by atoms with van der Waals surface area (Å²) in [5, 5.41) is 3.90. The van der Waals surface area contributed by atoms with Crippen molar-refractivity contribution in [3.05, 3.63) is 52.3 Å². The van der Waals surface area contributed by atoms with Gasteiger partial charge in [0.2, 0.25) is 5.95 Å². The Morgan fingerprint density at radius 3 is 2.96 bits per heavy atom. The van der Waals surface area contributed by atoms with Crippen LogP contribution in [0.25, 0.3) is 0 Å². The number of ketones is 1. The number of hydrogen-bond donors (Lipinski definition) is 1. The van der Waals surface area contributed by atoms with Crippen molar-refractivity contribution in [3.63, 3.8) is 0 Å². The zero-order chi connectivity index (χ0) is 18.5. The molecule has 0 radical (unpaired) electrons. The maximum atomic E-state index is 12.5. The number of nitrogens with one attached hydrogen (secondary N) is 1. The van der Waals surface area contributed by atoms with Crippen LogP contribution in [0.1, 0.15) is 54.2 Å². The number of aromatic nitrogens is 2. The van der Waals surface area contributed by atoms with Crippen LogP contribution in [0, 0.1) is 0 Å². The lowest BCUT2D eigenvalue weighted by Crippen LogP contribution is -2.21. The third-order valence-electron chi connectivity index (χ3n) is 4.42. The second-order valence-corrected chi connectivity index (χ2v) is 7.27. The fourth-order valence-electron chi connectivity index (χ4n) is 3.12. The van der Waals surface area contributed by atoms with E-state index in [2.05, 4.69) is 15.3 Å². The molecule has 1 N–H and O–H groups in total. The summed E-state index contributed by atoms with van der Waals surface area (Å²) in [5.74, 6) is 0.761. The van der Waals surface area contributed by atoms with Gasteiger partial charge in [0.1, 0.15) is 0 Å². The van der Waals surface area contributed by atoms with Gasteiger partial charge in [-0.15, -0.1) is 0 Å². The van der Waals surface area contributed by atoms with Gasteiger partial charge in [-0.05, 0) is 50.3 Å². The maximum absolute atomic E-state index is 12.5. The second-order valence-electron chi connectivity index (χ2n) is 6.84. The molecule has 6 heteroatoms. The molecule has 0 aliphatic heterocycles. The number of fused-ring (bicyclic) bond motifs is 1. The van der Waals surface area contributed by atoms with E-state index in [4.69, 9.17) is 16.3 Å². The van der Waals surface area contributed by atoms with Crippen LogP contribution in [-0.4, -0.2) is 35.0 Å². The summed E-state index contributed by atoms with van der Waals surface area (Å²) >= 11 is 6.10. The molecule has 1 aliphatic carbocycles. The maximum Gasteiger partial charge on any atom is 0.222 e. The van der Waals surface area contributed by atoms with Crippen LogP contribution in [-0.2, 0) is 11.2 Å². The molecule has 1 aliphatic rings. The fraction of sp³-hybridized carbons (Fsp3) is 0.450. The molecule has 26 heavy (non-hydrogen) atoms. The van der Waals surface area contributed by atoms with Gasteiger partial charge in [-0.2, -0.15) is 0 Å². The van der Waals surface area contributed by atoms with Crippen molar-refractivity contribution >= 4 is 23.3 Å². The number of rotatable bonds is 7. The first-order chi connectivity index (χ1) is 12.5. The average molecular weight is 374 g/mol. The Kier molecular flexibility index (Phi) is 6.22. The van der Waals surface area contributed by atoms with Gasteiger partial charge < -0.3 is 10.1 Å². The largest absolute Gasteiger partial charge is 0.379 e. The van der Waals surface area contributed by atoms with Gasteiger partial charge >= 0.3 is 0 Å². The van der Waals surface area contributed by atoms with E-state index < -0.39 is 0 Å². The van der Waals surface area contributed by atoms with Crippen LogP contribution in [0.15, 0.2) is 30.5 Å². The third kappa shape index (κ3) is 4.80. The minimum absolute atomic E-state index is 0.0908. The van der Waals surface area contributed by atoms with Gasteiger partial charge in [0, 0.05) is 30.8 Å². The minimum Gasteiger partial charge on any atom is -0.379 e. The Morgan fingerprint density at radius 2 is 2.19 bits per heavy atom. The SMILES string of the molecule is CC(C)OCCCNc1ncc2c(n1)C[C@@H](c1cccc(Cl)c1)CC2=O. The summed E-state index contributed by atoms with van der Waals surface area (Å²) in [6.45, 7) is 5.48. The molecule has 0 spiro atoms.